The Labute approximate surface area is 175 Å². The maximum absolute atomic E-state index is 5.74. The molecule has 0 aliphatic carbocycles. The van der Waals surface area contributed by atoms with Crippen LogP contribution in [0.2, 0.25) is 0 Å². The summed E-state index contributed by atoms with van der Waals surface area (Å²) in [5, 5.41) is 4.83. The highest BCUT2D eigenvalue weighted by Gasteiger charge is 2.20. The van der Waals surface area contributed by atoms with Gasteiger partial charge in [0, 0.05) is 57.4 Å². The lowest BCUT2D eigenvalue weighted by Crippen LogP contribution is -2.47. The number of nitrogens with zero attached hydrogens (tertiary/aromatic N) is 7. The van der Waals surface area contributed by atoms with E-state index in [9.17, 15) is 0 Å². The van der Waals surface area contributed by atoms with Crippen molar-refractivity contribution in [3.8, 4) is 11.4 Å². The molecule has 3 aromatic heterocycles. The number of pyridine rings is 2. The molecule has 0 unspecified atom stereocenters. The van der Waals surface area contributed by atoms with Crippen molar-refractivity contribution in [2.24, 2.45) is 0 Å². The van der Waals surface area contributed by atoms with Crippen LogP contribution in [-0.4, -0.2) is 69.1 Å². The highest BCUT2D eigenvalue weighted by atomic mass is 32.1. The topological polar surface area (TPSA) is 64.2 Å². The minimum Gasteiger partial charge on any atom is -0.383 e. The second-order valence-corrected chi connectivity index (χ2v) is 7.29. The molecule has 0 bridgehead atoms. The zero-order chi connectivity index (χ0) is 20.1. The van der Waals surface area contributed by atoms with E-state index in [1.54, 1.807) is 19.5 Å². The second-order valence-electron chi connectivity index (χ2n) is 6.92. The maximum atomic E-state index is 5.74. The second kappa shape index (κ2) is 9.25. The zero-order valence-corrected chi connectivity index (χ0v) is 17.3. The lowest BCUT2D eigenvalue weighted by atomic mass is 10.2. The van der Waals surface area contributed by atoms with Crippen LogP contribution in [0.4, 0.5) is 5.82 Å². The van der Waals surface area contributed by atoms with Gasteiger partial charge in [-0.05, 0) is 36.5 Å². The summed E-state index contributed by atoms with van der Waals surface area (Å²) >= 11 is 5.74. The molecule has 1 aliphatic rings. The Morgan fingerprint density at radius 2 is 1.83 bits per heavy atom. The van der Waals surface area contributed by atoms with Gasteiger partial charge in [-0.2, -0.15) is 5.10 Å². The molecular formula is C20H25N7OS. The summed E-state index contributed by atoms with van der Waals surface area (Å²) in [4.78, 5) is 13.2. The van der Waals surface area contributed by atoms with Crippen LogP contribution in [0, 0.1) is 4.77 Å². The van der Waals surface area contributed by atoms with Gasteiger partial charge in [-0.1, -0.05) is 6.07 Å². The average Bonchev–Trinajstić information content (AvgIpc) is 3.09. The van der Waals surface area contributed by atoms with Gasteiger partial charge in [0.15, 0.2) is 10.6 Å². The van der Waals surface area contributed by atoms with Gasteiger partial charge in [0.1, 0.15) is 5.82 Å². The van der Waals surface area contributed by atoms with E-state index in [-0.39, 0.29) is 0 Å². The summed E-state index contributed by atoms with van der Waals surface area (Å²) in [7, 11) is 1.70. The first-order chi connectivity index (χ1) is 14.3. The lowest BCUT2D eigenvalue weighted by molar-refractivity contribution is 0.183. The van der Waals surface area contributed by atoms with E-state index < -0.39 is 0 Å². The van der Waals surface area contributed by atoms with Crippen LogP contribution in [0.15, 0.2) is 48.9 Å². The number of ether oxygens (including phenoxy) is 1. The molecular weight excluding hydrogens is 386 g/mol. The predicted octanol–water partition coefficient (Wildman–Crippen LogP) is 2.30. The molecule has 0 saturated carbocycles. The minimum atomic E-state index is 0.584. The standard InChI is InChI=1S/C20H25N7OS/c1-28-15-14-26-19(17-5-8-21-9-6-17)23-27(20(26)29)16-24-10-12-25(13-11-24)18-4-2-3-7-22-18/h2-9H,10-16H2,1H3. The lowest BCUT2D eigenvalue weighted by Gasteiger charge is -2.35. The highest BCUT2D eigenvalue weighted by Crippen LogP contribution is 2.18. The molecule has 1 aliphatic heterocycles. The van der Waals surface area contributed by atoms with Gasteiger partial charge in [-0.25, -0.2) is 9.67 Å². The van der Waals surface area contributed by atoms with E-state index >= 15 is 0 Å². The number of hydrogen-bond acceptors (Lipinski definition) is 7. The maximum Gasteiger partial charge on any atom is 0.199 e. The predicted molar refractivity (Wildman–Crippen MR) is 114 cm³/mol. The first-order valence-electron chi connectivity index (χ1n) is 9.71. The molecule has 9 heteroatoms. The van der Waals surface area contributed by atoms with Crippen LogP contribution in [0.1, 0.15) is 0 Å². The van der Waals surface area contributed by atoms with Crippen molar-refractivity contribution in [3.63, 3.8) is 0 Å². The molecule has 4 rings (SSSR count). The third-order valence-corrected chi connectivity index (χ3v) is 5.49. The largest absolute Gasteiger partial charge is 0.383 e. The molecule has 0 radical (unpaired) electrons. The molecule has 0 spiro atoms. The monoisotopic (exact) mass is 411 g/mol. The molecule has 3 aromatic rings. The SMILES string of the molecule is COCCn1c(-c2ccncc2)nn(CN2CCN(c3ccccn3)CC2)c1=S. The molecule has 1 saturated heterocycles. The number of methoxy groups -OCH3 is 1. The fraction of sp³-hybridized carbons (Fsp3) is 0.400. The Morgan fingerprint density at radius 3 is 2.52 bits per heavy atom. The van der Waals surface area contributed by atoms with Gasteiger partial charge in [0.25, 0.3) is 0 Å². The van der Waals surface area contributed by atoms with Crippen molar-refractivity contribution in [3.05, 3.63) is 53.7 Å². The fourth-order valence-electron chi connectivity index (χ4n) is 3.48. The molecule has 1 fully saturated rings. The number of anilines is 1. The first-order valence-corrected chi connectivity index (χ1v) is 10.1. The summed E-state index contributed by atoms with van der Waals surface area (Å²) in [6.07, 6.45) is 5.39. The summed E-state index contributed by atoms with van der Waals surface area (Å²) in [6.45, 7) is 5.67. The molecule has 29 heavy (non-hydrogen) atoms. The van der Waals surface area contributed by atoms with Gasteiger partial charge < -0.3 is 9.64 Å². The van der Waals surface area contributed by atoms with Crippen LogP contribution in [0.25, 0.3) is 11.4 Å². The molecule has 4 heterocycles. The number of piperazine rings is 1. The Morgan fingerprint density at radius 1 is 1.03 bits per heavy atom. The molecule has 0 amide bonds. The van der Waals surface area contributed by atoms with Gasteiger partial charge in [-0.15, -0.1) is 0 Å². The Kier molecular flexibility index (Phi) is 6.28. The summed E-state index contributed by atoms with van der Waals surface area (Å²) in [5.74, 6) is 1.88. The van der Waals surface area contributed by atoms with Crippen LogP contribution in [0.5, 0.6) is 0 Å². The summed E-state index contributed by atoms with van der Waals surface area (Å²) < 4.78 is 9.93. The van der Waals surface area contributed by atoms with Crippen molar-refractivity contribution in [2.45, 2.75) is 13.2 Å². The first kappa shape index (κ1) is 19.7. The van der Waals surface area contributed by atoms with Gasteiger partial charge in [0.05, 0.1) is 19.8 Å². The van der Waals surface area contributed by atoms with Crippen molar-refractivity contribution in [1.82, 2.24) is 29.2 Å². The third-order valence-electron chi connectivity index (χ3n) is 5.06. The Hall–Kier alpha value is -2.62. The van der Waals surface area contributed by atoms with Crippen LogP contribution >= 0.6 is 12.2 Å². The van der Waals surface area contributed by atoms with Gasteiger partial charge in [0.2, 0.25) is 0 Å². The van der Waals surface area contributed by atoms with E-state index in [2.05, 4.69) is 25.8 Å². The normalized spacial score (nSPS) is 15.0. The van der Waals surface area contributed by atoms with Gasteiger partial charge >= 0.3 is 0 Å². The summed E-state index contributed by atoms with van der Waals surface area (Å²) in [6, 6.07) is 9.94. The van der Waals surface area contributed by atoms with E-state index in [4.69, 9.17) is 22.1 Å². The minimum absolute atomic E-state index is 0.584. The van der Waals surface area contributed by atoms with Crippen molar-refractivity contribution < 1.29 is 4.74 Å². The Balaban J connectivity index is 1.49. The van der Waals surface area contributed by atoms with Crippen LogP contribution in [0.3, 0.4) is 0 Å². The average molecular weight is 412 g/mol. The number of aromatic nitrogens is 5. The quantitative estimate of drug-likeness (QED) is 0.553. The third kappa shape index (κ3) is 4.52. The Bertz CT molecular complexity index is 965. The molecule has 0 atom stereocenters. The molecule has 0 aromatic carbocycles. The smallest absolute Gasteiger partial charge is 0.199 e. The van der Waals surface area contributed by atoms with Crippen molar-refractivity contribution >= 4 is 18.0 Å². The number of hydrogen-bond donors (Lipinski definition) is 0. The summed E-state index contributed by atoms with van der Waals surface area (Å²) in [5.41, 5.74) is 1.00. The zero-order valence-electron chi connectivity index (χ0n) is 16.5. The molecule has 0 N–H and O–H groups in total. The number of rotatable bonds is 7. The van der Waals surface area contributed by atoms with E-state index in [1.165, 1.54) is 0 Å². The van der Waals surface area contributed by atoms with E-state index in [1.807, 2.05) is 39.7 Å². The van der Waals surface area contributed by atoms with Gasteiger partial charge in [-0.3, -0.25) is 14.5 Å². The van der Waals surface area contributed by atoms with E-state index in [0.717, 1.165) is 43.4 Å². The fourth-order valence-corrected chi connectivity index (χ4v) is 3.76. The van der Waals surface area contributed by atoms with Crippen LogP contribution < -0.4 is 4.90 Å². The van der Waals surface area contributed by atoms with Crippen molar-refractivity contribution in [2.75, 3.05) is 44.8 Å². The molecule has 8 nitrogen and oxygen atoms in total. The van der Waals surface area contributed by atoms with Crippen molar-refractivity contribution in [1.29, 1.82) is 0 Å². The van der Waals surface area contributed by atoms with Crippen LogP contribution in [-0.2, 0) is 18.0 Å². The highest BCUT2D eigenvalue weighted by molar-refractivity contribution is 7.71. The van der Waals surface area contributed by atoms with E-state index in [0.29, 0.717) is 24.6 Å². The molecule has 152 valence electrons.